The zero-order chi connectivity index (χ0) is 10.7. The number of piperidine rings is 1. The molecule has 0 spiro atoms. The first kappa shape index (κ1) is 11.0. The van der Waals surface area contributed by atoms with Crippen LogP contribution in [0.5, 0.6) is 0 Å². The van der Waals surface area contributed by atoms with Crippen LogP contribution in [-0.2, 0) is 6.54 Å². The van der Waals surface area contributed by atoms with E-state index in [1.807, 2.05) is 6.07 Å². The molecular formula is C13H19NS. The van der Waals surface area contributed by atoms with E-state index in [-0.39, 0.29) is 0 Å². The number of rotatable bonds is 2. The van der Waals surface area contributed by atoms with Crippen molar-refractivity contribution in [1.29, 1.82) is 0 Å². The first-order valence-corrected chi connectivity index (χ1v) is 6.19. The number of hydrogen-bond donors (Lipinski definition) is 1. The second kappa shape index (κ2) is 5.04. The van der Waals surface area contributed by atoms with E-state index in [9.17, 15) is 0 Å². The Kier molecular flexibility index (Phi) is 3.71. The van der Waals surface area contributed by atoms with E-state index in [2.05, 4.69) is 42.7 Å². The third-order valence-corrected chi connectivity index (χ3v) is 3.56. The highest BCUT2D eigenvalue weighted by Gasteiger charge is 2.16. The molecule has 1 heterocycles. The van der Waals surface area contributed by atoms with Gasteiger partial charge in [0, 0.05) is 18.0 Å². The van der Waals surface area contributed by atoms with Gasteiger partial charge in [-0.15, -0.1) is 12.6 Å². The predicted octanol–water partition coefficient (Wildman–Crippen LogP) is 3.21. The highest BCUT2D eigenvalue weighted by molar-refractivity contribution is 7.80. The van der Waals surface area contributed by atoms with Gasteiger partial charge >= 0.3 is 0 Å². The Bertz CT molecular complexity index is 324. The van der Waals surface area contributed by atoms with Crippen molar-refractivity contribution < 1.29 is 0 Å². The van der Waals surface area contributed by atoms with Crippen LogP contribution in [0.15, 0.2) is 29.2 Å². The van der Waals surface area contributed by atoms with Gasteiger partial charge in [-0.1, -0.05) is 25.1 Å². The smallest absolute Gasteiger partial charge is 0.0244 e. The summed E-state index contributed by atoms with van der Waals surface area (Å²) in [5.41, 5.74) is 1.36. The maximum Gasteiger partial charge on any atom is 0.0244 e. The largest absolute Gasteiger partial charge is 0.299 e. The molecule has 0 saturated carbocycles. The summed E-state index contributed by atoms with van der Waals surface area (Å²) in [5.74, 6) is 0.853. The molecule has 0 aliphatic carbocycles. The number of nitrogens with zero attached hydrogens (tertiary/aromatic N) is 1. The van der Waals surface area contributed by atoms with Gasteiger partial charge in [0.15, 0.2) is 0 Å². The molecule has 0 radical (unpaired) electrons. The van der Waals surface area contributed by atoms with Crippen LogP contribution in [0.4, 0.5) is 0 Å². The molecule has 1 aliphatic rings. The molecule has 2 rings (SSSR count). The lowest BCUT2D eigenvalue weighted by Crippen LogP contribution is -2.33. The summed E-state index contributed by atoms with van der Waals surface area (Å²) in [7, 11) is 0. The average Bonchev–Trinajstić information content (AvgIpc) is 2.22. The van der Waals surface area contributed by atoms with E-state index >= 15 is 0 Å². The van der Waals surface area contributed by atoms with Crippen molar-refractivity contribution in [1.82, 2.24) is 4.90 Å². The Balaban J connectivity index is 1.99. The number of thiol groups is 1. The van der Waals surface area contributed by atoms with Crippen molar-refractivity contribution in [3.8, 4) is 0 Å². The molecule has 1 saturated heterocycles. The summed E-state index contributed by atoms with van der Waals surface area (Å²) in [6.45, 7) is 5.89. The van der Waals surface area contributed by atoms with Crippen LogP contribution < -0.4 is 0 Å². The van der Waals surface area contributed by atoms with E-state index in [1.165, 1.54) is 31.5 Å². The van der Waals surface area contributed by atoms with Crippen molar-refractivity contribution >= 4 is 12.6 Å². The summed E-state index contributed by atoms with van der Waals surface area (Å²) < 4.78 is 0. The van der Waals surface area contributed by atoms with Gasteiger partial charge in [0.1, 0.15) is 0 Å². The summed E-state index contributed by atoms with van der Waals surface area (Å²) in [4.78, 5) is 3.67. The maximum absolute atomic E-state index is 4.49. The molecule has 0 aromatic heterocycles. The average molecular weight is 221 g/mol. The Morgan fingerprint density at radius 1 is 1.40 bits per heavy atom. The highest BCUT2D eigenvalue weighted by Crippen LogP contribution is 2.20. The zero-order valence-electron chi connectivity index (χ0n) is 9.32. The van der Waals surface area contributed by atoms with Crippen LogP contribution in [0.1, 0.15) is 25.3 Å². The van der Waals surface area contributed by atoms with Gasteiger partial charge < -0.3 is 0 Å². The Labute approximate surface area is 97.9 Å². The summed E-state index contributed by atoms with van der Waals surface area (Å²) >= 11 is 4.49. The van der Waals surface area contributed by atoms with Gasteiger partial charge in [-0.25, -0.2) is 0 Å². The van der Waals surface area contributed by atoms with Crippen molar-refractivity contribution in [2.45, 2.75) is 31.2 Å². The van der Waals surface area contributed by atoms with Crippen LogP contribution in [0.3, 0.4) is 0 Å². The molecule has 82 valence electrons. The van der Waals surface area contributed by atoms with Crippen LogP contribution in [0, 0.1) is 5.92 Å². The molecule has 1 unspecified atom stereocenters. The molecule has 1 aromatic carbocycles. The number of likely N-dealkylation sites (tertiary alicyclic amines) is 1. The molecule has 1 aromatic rings. The summed E-state index contributed by atoms with van der Waals surface area (Å²) in [6.07, 6.45) is 2.73. The Morgan fingerprint density at radius 3 is 2.93 bits per heavy atom. The number of benzene rings is 1. The molecule has 0 bridgehead atoms. The van der Waals surface area contributed by atoms with Gasteiger partial charge in [-0.05, 0) is 36.9 Å². The van der Waals surface area contributed by atoms with E-state index in [1.54, 1.807) is 0 Å². The second-order valence-corrected chi connectivity index (χ2v) is 5.09. The first-order valence-electron chi connectivity index (χ1n) is 5.75. The molecule has 0 amide bonds. The molecule has 1 atom stereocenters. The van der Waals surface area contributed by atoms with E-state index in [4.69, 9.17) is 0 Å². The highest BCUT2D eigenvalue weighted by atomic mass is 32.1. The molecule has 2 heteroatoms. The lowest BCUT2D eigenvalue weighted by molar-refractivity contribution is 0.175. The third kappa shape index (κ3) is 2.99. The van der Waals surface area contributed by atoms with Gasteiger partial charge in [0.05, 0.1) is 0 Å². The minimum atomic E-state index is 0.853. The summed E-state index contributed by atoms with van der Waals surface area (Å²) in [5, 5.41) is 0. The normalized spacial score (nSPS) is 22.9. The fourth-order valence-corrected chi connectivity index (χ4v) is 2.55. The van der Waals surface area contributed by atoms with Crippen molar-refractivity contribution in [3.05, 3.63) is 29.8 Å². The van der Waals surface area contributed by atoms with Crippen molar-refractivity contribution in [2.24, 2.45) is 5.92 Å². The van der Waals surface area contributed by atoms with Crippen molar-refractivity contribution in [2.75, 3.05) is 13.1 Å². The first-order chi connectivity index (χ1) is 7.25. The standard InChI is InChI=1S/C13H19NS/c1-11-5-4-8-14(9-11)10-12-6-2-3-7-13(12)15/h2-3,6-7,11,15H,4-5,8-10H2,1H3. The van der Waals surface area contributed by atoms with Gasteiger partial charge in [-0.2, -0.15) is 0 Å². The topological polar surface area (TPSA) is 3.24 Å². The molecule has 15 heavy (non-hydrogen) atoms. The van der Waals surface area contributed by atoms with E-state index < -0.39 is 0 Å². The quantitative estimate of drug-likeness (QED) is 0.751. The SMILES string of the molecule is CC1CCCN(Cc2ccccc2S)C1. The third-order valence-electron chi connectivity index (χ3n) is 3.13. The molecular weight excluding hydrogens is 202 g/mol. The van der Waals surface area contributed by atoms with E-state index in [0.717, 1.165) is 17.4 Å². The zero-order valence-corrected chi connectivity index (χ0v) is 10.2. The van der Waals surface area contributed by atoms with Crippen LogP contribution in [-0.4, -0.2) is 18.0 Å². The molecule has 1 fully saturated rings. The monoisotopic (exact) mass is 221 g/mol. The van der Waals surface area contributed by atoms with Crippen molar-refractivity contribution in [3.63, 3.8) is 0 Å². The van der Waals surface area contributed by atoms with Gasteiger partial charge in [0.25, 0.3) is 0 Å². The second-order valence-electron chi connectivity index (χ2n) is 4.61. The summed E-state index contributed by atoms with van der Waals surface area (Å²) in [6, 6.07) is 8.40. The molecule has 0 N–H and O–H groups in total. The van der Waals surface area contributed by atoms with Gasteiger partial charge in [-0.3, -0.25) is 4.90 Å². The van der Waals surface area contributed by atoms with Gasteiger partial charge in [0.2, 0.25) is 0 Å². The lowest BCUT2D eigenvalue weighted by atomic mass is 10.00. The number of hydrogen-bond acceptors (Lipinski definition) is 2. The fraction of sp³-hybridized carbons (Fsp3) is 0.538. The fourth-order valence-electron chi connectivity index (χ4n) is 2.32. The minimum Gasteiger partial charge on any atom is -0.299 e. The molecule has 1 nitrogen and oxygen atoms in total. The van der Waals surface area contributed by atoms with Crippen LogP contribution in [0.2, 0.25) is 0 Å². The Hall–Kier alpha value is -0.470. The molecule has 1 aliphatic heterocycles. The predicted molar refractivity (Wildman–Crippen MR) is 67.4 cm³/mol. The minimum absolute atomic E-state index is 0.853. The Morgan fingerprint density at radius 2 is 2.20 bits per heavy atom. The van der Waals surface area contributed by atoms with Crippen LogP contribution >= 0.6 is 12.6 Å². The van der Waals surface area contributed by atoms with Crippen LogP contribution in [0.25, 0.3) is 0 Å². The maximum atomic E-state index is 4.49. The lowest BCUT2D eigenvalue weighted by Gasteiger charge is -2.31. The van der Waals surface area contributed by atoms with E-state index in [0.29, 0.717) is 0 Å².